The monoisotopic (exact) mass is 498 g/mol. The number of carbonyl (C=O) groups excluding carboxylic acids is 1. The standard InChI is InChI=1S/C26H30N2O4S2/c1-20-9-7-8-10-22(20)19-33-18-17-27-26(29)21(2)28(34(3,30)31)23-13-15-25(16-14-23)32-24-11-5-4-6-12-24/h4-16,21H,17-19H2,1-3H3,(H,27,29)/t21-/m1/s1. The lowest BCUT2D eigenvalue weighted by Crippen LogP contribution is -2.48. The van der Waals surface area contributed by atoms with Crippen LogP contribution in [-0.2, 0) is 20.6 Å². The lowest BCUT2D eigenvalue weighted by molar-refractivity contribution is -0.121. The third kappa shape index (κ3) is 7.27. The van der Waals surface area contributed by atoms with Gasteiger partial charge in [0.1, 0.15) is 17.5 Å². The van der Waals surface area contributed by atoms with Gasteiger partial charge >= 0.3 is 0 Å². The second-order valence-electron chi connectivity index (χ2n) is 7.91. The molecular weight excluding hydrogens is 468 g/mol. The average Bonchev–Trinajstić information content (AvgIpc) is 2.81. The molecule has 0 aliphatic heterocycles. The Hall–Kier alpha value is -2.97. The van der Waals surface area contributed by atoms with Crippen molar-refractivity contribution in [3.8, 4) is 11.5 Å². The van der Waals surface area contributed by atoms with Crippen LogP contribution in [0.5, 0.6) is 11.5 Å². The van der Waals surface area contributed by atoms with Gasteiger partial charge in [0.2, 0.25) is 15.9 Å². The van der Waals surface area contributed by atoms with Crippen LogP contribution in [0.3, 0.4) is 0 Å². The first-order valence-electron chi connectivity index (χ1n) is 11.0. The number of nitrogens with zero attached hydrogens (tertiary/aromatic N) is 1. The van der Waals surface area contributed by atoms with E-state index in [1.54, 1.807) is 43.0 Å². The van der Waals surface area contributed by atoms with Crippen molar-refractivity contribution in [3.05, 3.63) is 90.0 Å². The smallest absolute Gasteiger partial charge is 0.243 e. The Bertz CT molecular complexity index is 1180. The zero-order valence-corrected chi connectivity index (χ0v) is 21.2. The number of hydrogen-bond acceptors (Lipinski definition) is 5. The summed E-state index contributed by atoms with van der Waals surface area (Å²) >= 11 is 1.73. The van der Waals surface area contributed by atoms with Gasteiger partial charge in [-0.25, -0.2) is 8.42 Å². The molecule has 0 heterocycles. The van der Waals surface area contributed by atoms with Crippen LogP contribution in [-0.4, -0.2) is 38.9 Å². The van der Waals surface area contributed by atoms with Gasteiger partial charge in [0.05, 0.1) is 11.9 Å². The summed E-state index contributed by atoms with van der Waals surface area (Å²) in [4.78, 5) is 12.7. The summed E-state index contributed by atoms with van der Waals surface area (Å²) in [5, 5.41) is 2.86. The van der Waals surface area contributed by atoms with Gasteiger partial charge < -0.3 is 10.1 Å². The lowest BCUT2D eigenvalue weighted by Gasteiger charge is -2.28. The summed E-state index contributed by atoms with van der Waals surface area (Å²) in [7, 11) is -3.68. The Kier molecular flexibility index (Phi) is 9.01. The zero-order chi connectivity index (χ0) is 24.6. The third-order valence-electron chi connectivity index (χ3n) is 5.22. The van der Waals surface area contributed by atoms with Gasteiger partial charge in [-0.3, -0.25) is 9.10 Å². The fourth-order valence-electron chi connectivity index (χ4n) is 3.44. The lowest BCUT2D eigenvalue weighted by atomic mass is 10.1. The van der Waals surface area contributed by atoms with Crippen LogP contribution in [0.15, 0.2) is 78.9 Å². The number of thioether (sulfide) groups is 1. The van der Waals surface area contributed by atoms with E-state index in [0.29, 0.717) is 23.7 Å². The third-order valence-corrected chi connectivity index (χ3v) is 7.47. The number of carbonyl (C=O) groups is 1. The van der Waals surface area contributed by atoms with E-state index in [1.807, 2.05) is 42.5 Å². The summed E-state index contributed by atoms with van der Waals surface area (Å²) in [5.41, 5.74) is 2.92. The van der Waals surface area contributed by atoms with Gasteiger partial charge in [-0.05, 0) is 61.4 Å². The van der Waals surface area contributed by atoms with Gasteiger partial charge in [0.25, 0.3) is 0 Å². The number of ether oxygens (including phenoxy) is 1. The molecule has 1 atom stereocenters. The van der Waals surface area contributed by atoms with Crippen molar-refractivity contribution in [1.82, 2.24) is 5.32 Å². The molecule has 0 aromatic heterocycles. The SMILES string of the molecule is Cc1ccccc1CSCCNC(=O)[C@@H](C)N(c1ccc(Oc2ccccc2)cc1)S(C)(=O)=O. The van der Waals surface area contributed by atoms with Crippen LogP contribution < -0.4 is 14.4 Å². The number of benzene rings is 3. The molecule has 0 bridgehead atoms. The van der Waals surface area contributed by atoms with E-state index >= 15 is 0 Å². The largest absolute Gasteiger partial charge is 0.457 e. The van der Waals surface area contributed by atoms with Crippen molar-refractivity contribution in [3.63, 3.8) is 0 Å². The van der Waals surface area contributed by atoms with E-state index in [2.05, 4.69) is 24.4 Å². The summed E-state index contributed by atoms with van der Waals surface area (Å²) in [6.45, 7) is 4.13. The molecule has 1 amide bonds. The number of nitrogens with one attached hydrogen (secondary N) is 1. The highest BCUT2D eigenvalue weighted by Gasteiger charge is 2.29. The van der Waals surface area contributed by atoms with E-state index in [4.69, 9.17) is 4.74 Å². The van der Waals surface area contributed by atoms with Crippen molar-refractivity contribution in [2.45, 2.75) is 25.6 Å². The van der Waals surface area contributed by atoms with Crippen molar-refractivity contribution in [2.24, 2.45) is 0 Å². The van der Waals surface area contributed by atoms with Gasteiger partial charge in [-0.1, -0.05) is 42.5 Å². The highest BCUT2D eigenvalue weighted by molar-refractivity contribution is 7.98. The van der Waals surface area contributed by atoms with Crippen LogP contribution in [0, 0.1) is 6.92 Å². The first-order valence-corrected chi connectivity index (χ1v) is 14.0. The summed E-state index contributed by atoms with van der Waals surface area (Å²) in [5.74, 6) is 2.52. The highest BCUT2D eigenvalue weighted by Crippen LogP contribution is 2.27. The fourth-order valence-corrected chi connectivity index (χ4v) is 5.55. The topological polar surface area (TPSA) is 75.7 Å². The first-order chi connectivity index (χ1) is 16.3. The number of hydrogen-bond donors (Lipinski definition) is 1. The molecule has 0 aliphatic carbocycles. The molecule has 3 rings (SSSR count). The Balaban J connectivity index is 1.57. The molecule has 180 valence electrons. The Morgan fingerprint density at radius 1 is 0.971 bits per heavy atom. The molecule has 0 saturated carbocycles. The molecule has 1 N–H and O–H groups in total. The van der Waals surface area contributed by atoms with Crippen molar-refractivity contribution in [2.75, 3.05) is 22.9 Å². The van der Waals surface area contributed by atoms with Crippen molar-refractivity contribution in [1.29, 1.82) is 0 Å². The van der Waals surface area contributed by atoms with E-state index in [-0.39, 0.29) is 5.91 Å². The second kappa shape index (κ2) is 11.9. The quantitative estimate of drug-likeness (QED) is 0.377. The summed E-state index contributed by atoms with van der Waals surface area (Å²) in [6.07, 6.45) is 1.10. The molecule has 0 spiro atoms. The molecule has 0 fully saturated rings. The van der Waals surface area contributed by atoms with Crippen LogP contribution in [0.4, 0.5) is 5.69 Å². The summed E-state index contributed by atoms with van der Waals surface area (Å²) in [6, 6.07) is 23.3. The van der Waals surface area contributed by atoms with Crippen LogP contribution in [0.1, 0.15) is 18.1 Å². The Morgan fingerprint density at radius 2 is 1.59 bits per heavy atom. The number of para-hydroxylation sites is 1. The molecule has 3 aromatic carbocycles. The van der Waals surface area contributed by atoms with Gasteiger partial charge in [0.15, 0.2) is 0 Å². The molecule has 0 aliphatic rings. The van der Waals surface area contributed by atoms with E-state index in [0.717, 1.165) is 22.1 Å². The molecule has 8 heteroatoms. The Morgan fingerprint density at radius 3 is 2.24 bits per heavy atom. The van der Waals surface area contributed by atoms with Crippen LogP contribution in [0.25, 0.3) is 0 Å². The molecular formula is C26H30N2O4S2. The van der Waals surface area contributed by atoms with E-state index in [9.17, 15) is 13.2 Å². The molecule has 0 saturated heterocycles. The second-order valence-corrected chi connectivity index (χ2v) is 10.9. The minimum absolute atomic E-state index is 0.341. The fraction of sp³-hybridized carbons (Fsp3) is 0.269. The predicted molar refractivity (Wildman–Crippen MR) is 140 cm³/mol. The maximum atomic E-state index is 12.7. The molecule has 6 nitrogen and oxygen atoms in total. The number of anilines is 1. The number of sulfonamides is 1. The normalized spacial score (nSPS) is 12.1. The van der Waals surface area contributed by atoms with Crippen molar-refractivity contribution >= 4 is 33.4 Å². The zero-order valence-electron chi connectivity index (χ0n) is 19.6. The number of aryl methyl sites for hydroxylation is 1. The first kappa shape index (κ1) is 25.6. The molecule has 0 radical (unpaired) electrons. The highest BCUT2D eigenvalue weighted by atomic mass is 32.2. The minimum atomic E-state index is -3.68. The summed E-state index contributed by atoms with van der Waals surface area (Å²) < 4.78 is 32.0. The minimum Gasteiger partial charge on any atom is -0.457 e. The van der Waals surface area contributed by atoms with Crippen LogP contribution >= 0.6 is 11.8 Å². The average molecular weight is 499 g/mol. The van der Waals surface area contributed by atoms with Gasteiger partial charge in [-0.15, -0.1) is 0 Å². The molecule has 3 aromatic rings. The Labute approximate surface area is 206 Å². The van der Waals surface area contributed by atoms with Gasteiger partial charge in [0, 0.05) is 18.1 Å². The number of rotatable bonds is 11. The molecule has 34 heavy (non-hydrogen) atoms. The number of amides is 1. The maximum Gasteiger partial charge on any atom is 0.243 e. The predicted octanol–water partition coefficient (Wildman–Crippen LogP) is 4.99. The van der Waals surface area contributed by atoms with Gasteiger partial charge in [-0.2, -0.15) is 11.8 Å². The van der Waals surface area contributed by atoms with E-state index < -0.39 is 16.1 Å². The van der Waals surface area contributed by atoms with Crippen molar-refractivity contribution < 1.29 is 17.9 Å². The maximum absolute atomic E-state index is 12.7. The molecule has 0 unspecified atom stereocenters. The van der Waals surface area contributed by atoms with Crippen LogP contribution in [0.2, 0.25) is 0 Å². The van der Waals surface area contributed by atoms with E-state index in [1.165, 1.54) is 11.1 Å².